The van der Waals surface area contributed by atoms with Crippen LogP contribution < -0.4 is 0 Å². The molecule has 312 valence electrons. The van der Waals surface area contributed by atoms with Gasteiger partial charge in [-0.15, -0.1) is 0 Å². The van der Waals surface area contributed by atoms with E-state index < -0.39 is 86.3 Å². The lowest BCUT2D eigenvalue weighted by atomic mass is 9.51. The Hall–Kier alpha value is -1.53. The first kappa shape index (κ1) is 41.6. The van der Waals surface area contributed by atoms with Crippen LogP contribution in [-0.4, -0.2) is 139 Å². The molecule has 19 atom stereocenters. The summed E-state index contributed by atoms with van der Waals surface area (Å²) in [7, 11) is 0. The lowest BCUT2D eigenvalue weighted by Crippen LogP contribution is -2.65. The van der Waals surface area contributed by atoms with Crippen molar-refractivity contribution in [1.82, 2.24) is 0 Å². The molecule has 0 bridgehead atoms. The van der Waals surface area contributed by atoms with Crippen LogP contribution in [0.2, 0.25) is 0 Å². The van der Waals surface area contributed by atoms with Crippen molar-refractivity contribution in [3.8, 4) is 0 Å². The van der Waals surface area contributed by atoms with Gasteiger partial charge in [-0.2, -0.15) is 0 Å². The number of cyclic esters (lactones) is 1. The standard InChI is InChI=1S/C41H64O14/c1-19(2)41(20(3)44)15-11-24(36(50)55-41)26-9-8-25-23-7-6-21-16-22(10-13-39(21,4)27(23)12-14-40(25,26)5)51-38-35(33(48)31(46)29(18-43)53-38)54-37-34(49)32(47)30(45)28(17-42)52-37/h7,12,19-22,24-26,28-35,37-38,42-49H,6,8-11,13-18H2,1-5H3/t20-,21?,22+,24-,25+,26-,28-,29-,30-,31-,32+,33+,34-,35-,37+,38-,39+,40+,41-/m1/s1. The van der Waals surface area contributed by atoms with Crippen LogP contribution in [-0.2, 0) is 28.5 Å². The molecule has 0 aromatic carbocycles. The van der Waals surface area contributed by atoms with Crippen molar-refractivity contribution in [3.05, 3.63) is 23.3 Å². The van der Waals surface area contributed by atoms with Crippen LogP contribution in [0.5, 0.6) is 0 Å². The van der Waals surface area contributed by atoms with Crippen LogP contribution in [0, 0.1) is 40.4 Å². The lowest BCUT2D eigenvalue weighted by molar-refractivity contribution is -0.372. The Labute approximate surface area is 323 Å². The summed E-state index contributed by atoms with van der Waals surface area (Å²) in [5.74, 6) is 0.437. The van der Waals surface area contributed by atoms with Gasteiger partial charge < -0.3 is 64.5 Å². The van der Waals surface area contributed by atoms with Crippen molar-refractivity contribution in [2.45, 2.75) is 172 Å². The van der Waals surface area contributed by atoms with E-state index in [1.54, 1.807) is 6.92 Å². The number of carbonyl (C=O) groups excluding carboxylic acids is 1. The summed E-state index contributed by atoms with van der Waals surface area (Å²) in [6, 6.07) is 0. The lowest BCUT2D eigenvalue weighted by Gasteiger charge is -2.54. The molecule has 14 nitrogen and oxygen atoms in total. The number of ether oxygens (including phenoxy) is 5. The molecule has 4 aliphatic carbocycles. The minimum Gasteiger partial charge on any atom is -0.456 e. The first-order valence-corrected chi connectivity index (χ1v) is 20.6. The summed E-state index contributed by atoms with van der Waals surface area (Å²) in [6.07, 6.45) is -3.96. The van der Waals surface area contributed by atoms with Crippen molar-refractivity contribution in [3.63, 3.8) is 0 Å². The third kappa shape index (κ3) is 6.87. The van der Waals surface area contributed by atoms with Gasteiger partial charge in [0.05, 0.1) is 31.3 Å². The number of hydrogen-bond acceptors (Lipinski definition) is 14. The molecule has 14 heteroatoms. The van der Waals surface area contributed by atoms with Gasteiger partial charge in [0.1, 0.15) is 54.4 Å². The Kier molecular flexibility index (Phi) is 11.8. The van der Waals surface area contributed by atoms with Gasteiger partial charge in [0.2, 0.25) is 0 Å². The molecule has 0 spiro atoms. The monoisotopic (exact) mass is 780 g/mol. The zero-order valence-electron chi connectivity index (χ0n) is 32.8. The van der Waals surface area contributed by atoms with Crippen LogP contribution in [0.1, 0.15) is 92.4 Å². The largest absolute Gasteiger partial charge is 0.456 e. The minimum absolute atomic E-state index is 0.0180. The van der Waals surface area contributed by atoms with Crippen molar-refractivity contribution in [2.24, 2.45) is 40.4 Å². The molecule has 8 N–H and O–H groups in total. The van der Waals surface area contributed by atoms with E-state index in [9.17, 15) is 45.6 Å². The second kappa shape index (κ2) is 15.6. The maximum absolute atomic E-state index is 13.7. The minimum atomic E-state index is -1.74. The molecule has 0 amide bonds. The van der Waals surface area contributed by atoms with E-state index >= 15 is 0 Å². The van der Waals surface area contributed by atoms with Crippen molar-refractivity contribution < 1.29 is 69.3 Å². The zero-order valence-corrected chi connectivity index (χ0v) is 32.8. The predicted octanol–water partition coefficient (Wildman–Crippen LogP) is 1.22. The van der Waals surface area contributed by atoms with E-state index in [0.717, 1.165) is 38.5 Å². The number of fused-ring (bicyclic) bond motifs is 5. The average Bonchev–Trinajstić information content (AvgIpc) is 3.51. The van der Waals surface area contributed by atoms with Gasteiger partial charge in [0.25, 0.3) is 0 Å². The molecule has 0 aromatic rings. The average molecular weight is 781 g/mol. The summed E-state index contributed by atoms with van der Waals surface area (Å²) in [5.41, 5.74) is 1.78. The number of allylic oxidation sites excluding steroid dienone is 4. The summed E-state index contributed by atoms with van der Waals surface area (Å²) in [6.45, 7) is 9.17. The summed E-state index contributed by atoms with van der Waals surface area (Å²) in [5, 5.41) is 83.3. The summed E-state index contributed by atoms with van der Waals surface area (Å²) in [4.78, 5) is 13.7. The molecule has 0 aromatic heterocycles. The molecular weight excluding hydrogens is 716 g/mol. The Morgan fingerprint density at radius 2 is 1.49 bits per heavy atom. The molecule has 7 aliphatic rings. The number of aliphatic hydroxyl groups excluding tert-OH is 8. The Balaban J connectivity index is 1.04. The van der Waals surface area contributed by atoms with Gasteiger partial charge in [-0.25, -0.2) is 0 Å². The highest BCUT2D eigenvalue weighted by molar-refractivity contribution is 5.74. The van der Waals surface area contributed by atoms with Gasteiger partial charge in [0, 0.05) is 0 Å². The number of hydrogen-bond donors (Lipinski definition) is 8. The van der Waals surface area contributed by atoms with Gasteiger partial charge in [-0.05, 0) is 110 Å². The van der Waals surface area contributed by atoms with E-state index in [-0.39, 0.29) is 46.6 Å². The fourth-order valence-corrected chi connectivity index (χ4v) is 11.8. The maximum Gasteiger partial charge on any atom is 0.309 e. The molecule has 7 rings (SSSR count). The highest BCUT2D eigenvalue weighted by Gasteiger charge is 2.60. The number of aliphatic hydroxyl groups is 8. The van der Waals surface area contributed by atoms with Gasteiger partial charge >= 0.3 is 5.97 Å². The smallest absolute Gasteiger partial charge is 0.309 e. The third-order valence-electron chi connectivity index (χ3n) is 15.4. The van der Waals surface area contributed by atoms with Crippen molar-refractivity contribution in [1.29, 1.82) is 0 Å². The van der Waals surface area contributed by atoms with E-state index in [2.05, 4.69) is 26.0 Å². The topological polar surface area (TPSA) is 225 Å². The van der Waals surface area contributed by atoms with Gasteiger partial charge in [0.15, 0.2) is 12.6 Å². The summed E-state index contributed by atoms with van der Waals surface area (Å²) >= 11 is 0. The van der Waals surface area contributed by atoms with Crippen LogP contribution in [0.4, 0.5) is 0 Å². The number of esters is 1. The fraction of sp³-hybridized carbons (Fsp3) is 0.878. The summed E-state index contributed by atoms with van der Waals surface area (Å²) < 4.78 is 30.0. The third-order valence-corrected chi connectivity index (χ3v) is 15.4. The fourth-order valence-electron chi connectivity index (χ4n) is 11.8. The molecule has 3 heterocycles. The number of carbonyl (C=O) groups is 1. The van der Waals surface area contributed by atoms with Crippen LogP contribution in [0.3, 0.4) is 0 Å². The highest BCUT2D eigenvalue weighted by Crippen LogP contribution is 2.65. The Bertz CT molecular complexity index is 1460. The second-order valence-electron chi connectivity index (χ2n) is 18.5. The molecule has 3 aliphatic heterocycles. The second-order valence-corrected chi connectivity index (χ2v) is 18.5. The molecule has 2 saturated carbocycles. The molecule has 55 heavy (non-hydrogen) atoms. The first-order valence-electron chi connectivity index (χ1n) is 20.6. The van der Waals surface area contributed by atoms with E-state index in [4.69, 9.17) is 23.7 Å². The molecular formula is C41H64O14. The molecule has 0 radical (unpaired) electrons. The molecule has 5 fully saturated rings. The first-order chi connectivity index (χ1) is 26.0. The molecule has 1 unspecified atom stereocenters. The normalized spacial score (nSPS) is 50.7. The van der Waals surface area contributed by atoms with E-state index in [1.807, 2.05) is 13.8 Å². The van der Waals surface area contributed by atoms with E-state index in [1.165, 1.54) is 11.1 Å². The van der Waals surface area contributed by atoms with E-state index in [0.29, 0.717) is 25.2 Å². The SMILES string of the molecule is CC(C)[C@@]1([C@@H](C)O)CC[C@H]([C@H]2CC[C@H]3C4=CCC5C[C@@H](O[C@@H]6O[C@H](CO)[C@@H](O)[C@H](O)[C@H]6O[C@@H]6O[C@H](CO)[C@@H](O)[C@H](O)[C@H]6O)CC[C@]5(C)C4=CC[C@]23C)C(=O)O1. The van der Waals surface area contributed by atoms with Crippen LogP contribution >= 0.6 is 0 Å². The molecule has 3 saturated heterocycles. The maximum atomic E-state index is 13.7. The highest BCUT2D eigenvalue weighted by atomic mass is 16.8. The Morgan fingerprint density at radius 3 is 2.13 bits per heavy atom. The van der Waals surface area contributed by atoms with Gasteiger partial charge in [-0.1, -0.05) is 39.8 Å². The van der Waals surface area contributed by atoms with Crippen molar-refractivity contribution >= 4 is 5.97 Å². The van der Waals surface area contributed by atoms with Crippen LogP contribution in [0.15, 0.2) is 23.3 Å². The number of rotatable bonds is 9. The van der Waals surface area contributed by atoms with Crippen LogP contribution in [0.25, 0.3) is 0 Å². The Morgan fingerprint density at radius 1 is 0.818 bits per heavy atom. The quantitative estimate of drug-likeness (QED) is 0.154. The van der Waals surface area contributed by atoms with Gasteiger partial charge in [-0.3, -0.25) is 4.79 Å². The zero-order chi connectivity index (χ0) is 39.8. The van der Waals surface area contributed by atoms with Crippen molar-refractivity contribution in [2.75, 3.05) is 13.2 Å². The predicted molar refractivity (Wildman–Crippen MR) is 195 cm³/mol.